The summed E-state index contributed by atoms with van der Waals surface area (Å²) in [6.45, 7) is 1.13. The monoisotopic (exact) mass is 450 g/mol. The summed E-state index contributed by atoms with van der Waals surface area (Å²) in [7, 11) is 1.75. The van der Waals surface area contributed by atoms with Crippen LogP contribution in [0.2, 0.25) is 0 Å². The van der Waals surface area contributed by atoms with Gasteiger partial charge in [-0.15, -0.1) is 12.4 Å². The van der Waals surface area contributed by atoms with Gasteiger partial charge in [0.15, 0.2) is 11.6 Å². The fraction of sp³-hybridized carbons (Fsp3) is 0.273. The Morgan fingerprint density at radius 2 is 1.90 bits per heavy atom. The third-order valence-electron chi connectivity index (χ3n) is 5.50. The number of benzene rings is 2. The lowest BCUT2D eigenvalue weighted by molar-refractivity contribution is 0.0920. The molecule has 2 heterocycles. The first-order valence-electron chi connectivity index (χ1n) is 9.68. The first-order valence-corrected chi connectivity index (χ1v) is 9.68. The molecular weight excluding hydrogens is 429 g/mol. The van der Waals surface area contributed by atoms with Crippen molar-refractivity contribution in [3.05, 3.63) is 77.2 Å². The number of halogens is 4. The maximum Gasteiger partial charge on any atom is 0.254 e. The summed E-state index contributed by atoms with van der Waals surface area (Å²) >= 11 is 0. The molecule has 1 amide bonds. The molecule has 2 atom stereocenters. The van der Waals surface area contributed by atoms with Gasteiger partial charge in [0.1, 0.15) is 5.82 Å². The third-order valence-corrected chi connectivity index (χ3v) is 5.50. The summed E-state index contributed by atoms with van der Waals surface area (Å²) in [5.41, 5.74) is 1.88. The molecule has 1 aromatic heterocycles. The highest BCUT2D eigenvalue weighted by Crippen LogP contribution is 2.28. The number of aromatic nitrogens is 2. The third kappa shape index (κ3) is 4.75. The molecule has 2 N–H and O–H groups in total. The molecule has 1 aliphatic rings. The number of carbonyl (C=O) groups is 1. The second-order valence-corrected chi connectivity index (χ2v) is 7.39. The molecule has 3 aromatic rings. The largest absolute Gasteiger partial charge is 0.347 e. The van der Waals surface area contributed by atoms with E-state index in [1.807, 2.05) is 0 Å². The molecule has 164 valence electrons. The fourth-order valence-corrected chi connectivity index (χ4v) is 3.91. The van der Waals surface area contributed by atoms with Crippen molar-refractivity contribution in [3.8, 4) is 11.3 Å². The zero-order valence-electron chi connectivity index (χ0n) is 16.7. The van der Waals surface area contributed by atoms with Crippen LogP contribution in [0.1, 0.15) is 28.3 Å². The van der Waals surface area contributed by atoms with Gasteiger partial charge in [-0.2, -0.15) is 5.10 Å². The van der Waals surface area contributed by atoms with Gasteiger partial charge < -0.3 is 10.6 Å². The van der Waals surface area contributed by atoms with Crippen LogP contribution in [0.4, 0.5) is 13.2 Å². The van der Waals surface area contributed by atoms with E-state index in [4.69, 9.17) is 0 Å². The number of rotatable bonds is 4. The molecule has 1 saturated heterocycles. The lowest BCUT2D eigenvalue weighted by Gasteiger charge is -2.33. The van der Waals surface area contributed by atoms with Crippen LogP contribution in [0.5, 0.6) is 0 Å². The Labute approximate surface area is 184 Å². The van der Waals surface area contributed by atoms with Crippen LogP contribution in [-0.4, -0.2) is 34.8 Å². The van der Waals surface area contributed by atoms with Crippen molar-refractivity contribution >= 4 is 18.3 Å². The first-order chi connectivity index (χ1) is 14.4. The highest BCUT2D eigenvalue weighted by Gasteiger charge is 2.29. The van der Waals surface area contributed by atoms with E-state index >= 15 is 0 Å². The van der Waals surface area contributed by atoms with Crippen molar-refractivity contribution in [2.45, 2.75) is 18.4 Å². The first kappa shape index (κ1) is 22.8. The average molecular weight is 451 g/mol. The number of amides is 1. The Morgan fingerprint density at radius 1 is 1.10 bits per heavy atom. The summed E-state index contributed by atoms with van der Waals surface area (Å²) < 4.78 is 43.3. The van der Waals surface area contributed by atoms with E-state index in [0.29, 0.717) is 30.6 Å². The van der Waals surface area contributed by atoms with E-state index in [1.165, 1.54) is 18.2 Å². The van der Waals surface area contributed by atoms with E-state index < -0.39 is 23.4 Å². The van der Waals surface area contributed by atoms with Crippen LogP contribution in [0.25, 0.3) is 11.3 Å². The molecule has 2 aromatic carbocycles. The van der Waals surface area contributed by atoms with Crippen molar-refractivity contribution in [2.24, 2.45) is 7.05 Å². The SMILES string of the molecule is Cl.Cn1nccc1-c1ccc(C(=O)N[C@@H]2CNCC[C@H]2c2ccc(F)c(F)c2)c(F)c1. The summed E-state index contributed by atoms with van der Waals surface area (Å²) in [5.74, 6) is -3.23. The Kier molecular flexibility index (Phi) is 7.02. The maximum atomic E-state index is 14.7. The Bertz CT molecular complexity index is 1090. The molecule has 0 radical (unpaired) electrons. The molecule has 1 aliphatic heterocycles. The summed E-state index contributed by atoms with van der Waals surface area (Å²) in [6.07, 6.45) is 2.25. The van der Waals surface area contributed by atoms with Crippen LogP contribution >= 0.6 is 12.4 Å². The van der Waals surface area contributed by atoms with Crippen LogP contribution < -0.4 is 10.6 Å². The molecule has 5 nitrogen and oxygen atoms in total. The van der Waals surface area contributed by atoms with Crippen molar-refractivity contribution < 1.29 is 18.0 Å². The lowest BCUT2D eigenvalue weighted by Crippen LogP contribution is -2.50. The van der Waals surface area contributed by atoms with Gasteiger partial charge in [0.2, 0.25) is 0 Å². The molecule has 31 heavy (non-hydrogen) atoms. The highest BCUT2D eigenvalue weighted by molar-refractivity contribution is 5.95. The lowest BCUT2D eigenvalue weighted by atomic mass is 9.85. The smallest absolute Gasteiger partial charge is 0.254 e. The molecule has 9 heteroatoms. The summed E-state index contributed by atoms with van der Waals surface area (Å²) in [4.78, 5) is 12.8. The fourth-order valence-electron chi connectivity index (χ4n) is 3.91. The molecule has 0 aliphatic carbocycles. The number of nitrogens with zero attached hydrogens (tertiary/aromatic N) is 2. The summed E-state index contributed by atoms with van der Waals surface area (Å²) in [5, 5.41) is 10.1. The molecular formula is C22H22ClF3N4O. The normalized spacial score (nSPS) is 18.3. The molecule has 0 bridgehead atoms. The quantitative estimate of drug-likeness (QED) is 0.635. The second-order valence-electron chi connectivity index (χ2n) is 7.39. The van der Waals surface area contributed by atoms with Crippen molar-refractivity contribution in [1.29, 1.82) is 0 Å². The van der Waals surface area contributed by atoms with E-state index in [-0.39, 0.29) is 29.9 Å². The average Bonchev–Trinajstić information content (AvgIpc) is 3.16. The maximum absolute atomic E-state index is 14.7. The molecule has 4 rings (SSSR count). The van der Waals surface area contributed by atoms with Crippen molar-refractivity contribution in [1.82, 2.24) is 20.4 Å². The molecule has 0 unspecified atom stereocenters. The number of hydrogen-bond acceptors (Lipinski definition) is 3. The summed E-state index contributed by atoms with van der Waals surface area (Å²) in [6, 6.07) is 9.56. The second kappa shape index (κ2) is 9.53. The highest BCUT2D eigenvalue weighted by atomic mass is 35.5. The van der Waals surface area contributed by atoms with Crippen molar-refractivity contribution in [2.75, 3.05) is 13.1 Å². The van der Waals surface area contributed by atoms with Crippen LogP contribution in [0.3, 0.4) is 0 Å². The predicted octanol–water partition coefficient (Wildman–Crippen LogP) is 3.80. The van der Waals surface area contributed by atoms with Crippen molar-refractivity contribution in [3.63, 3.8) is 0 Å². The van der Waals surface area contributed by atoms with E-state index in [0.717, 1.165) is 17.8 Å². The Balaban J connectivity index is 0.00000272. The van der Waals surface area contributed by atoms with Crippen LogP contribution in [0.15, 0.2) is 48.7 Å². The number of carbonyl (C=O) groups excluding carboxylic acids is 1. The zero-order chi connectivity index (χ0) is 21.3. The molecule has 0 spiro atoms. The number of aryl methyl sites for hydroxylation is 1. The van der Waals surface area contributed by atoms with Crippen LogP contribution in [0, 0.1) is 17.5 Å². The Morgan fingerprint density at radius 3 is 2.58 bits per heavy atom. The van der Waals surface area contributed by atoms with Gasteiger partial charge >= 0.3 is 0 Å². The van der Waals surface area contributed by atoms with Gasteiger partial charge in [0, 0.05) is 37.3 Å². The standard InChI is InChI=1S/C22H21F3N4O.ClH/c1-29-21(7-9-27-29)14-2-4-16(18(24)11-14)22(30)28-20-12-26-8-6-15(20)13-3-5-17(23)19(25)10-13;/h2-5,7,9-11,15,20,26H,6,8,12H2,1H3,(H,28,30);1H/t15-,20+;/m0./s1. The Hall–Kier alpha value is -2.84. The van der Waals surface area contributed by atoms with E-state index in [1.54, 1.807) is 30.1 Å². The number of nitrogens with one attached hydrogen (secondary N) is 2. The molecule has 0 saturated carbocycles. The number of piperidine rings is 1. The zero-order valence-corrected chi connectivity index (χ0v) is 17.6. The van der Waals surface area contributed by atoms with Crippen LogP contribution in [-0.2, 0) is 7.05 Å². The number of hydrogen-bond donors (Lipinski definition) is 2. The van der Waals surface area contributed by atoms with E-state index in [9.17, 15) is 18.0 Å². The van der Waals surface area contributed by atoms with Gasteiger partial charge in [-0.05, 0) is 48.9 Å². The van der Waals surface area contributed by atoms with Gasteiger partial charge in [-0.25, -0.2) is 13.2 Å². The minimum absolute atomic E-state index is 0. The van der Waals surface area contributed by atoms with Gasteiger partial charge in [0.05, 0.1) is 11.3 Å². The predicted molar refractivity (Wildman–Crippen MR) is 114 cm³/mol. The van der Waals surface area contributed by atoms with Gasteiger partial charge in [-0.3, -0.25) is 9.48 Å². The minimum Gasteiger partial charge on any atom is -0.347 e. The van der Waals surface area contributed by atoms with Gasteiger partial charge in [0.25, 0.3) is 5.91 Å². The molecule has 1 fully saturated rings. The topological polar surface area (TPSA) is 59.0 Å². The van der Waals surface area contributed by atoms with Gasteiger partial charge in [-0.1, -0.05) is 12.1 Å². The van der Waals surface area contributed by atoms with E-state index in [2.05, 4.69) is 15.7 Å². The minimum atomic E-state index is -0.923.